The Balaban J connectivity index is 2.45. The lowest BCUT2D eigenvalue weighted by atomic mass is 10.1. The Hall–Kier alpha value is -1.88. The molecular formula is C12H13NO4. The van der Waals surface area contributed by atoms with Crippen molar-refractivity contribution in [1.82, 2.24) is 0 Å². The van der Waals surface area contributed by atoms with E-state index in [1.807, 2.05) is 0 Å². The third kappa shape index (κ3) is 2.14. The van der Waals surface area contributed by atoms with Crippen molar-refractivity contribution < 1.29 is 19.8 Å². The molecule has 0 bridgehead atoms. The van der Waals surface area contributed by atoms with Crippen LogP contribution < -0.4 is 4.90 Å². The average Bonchev–Trinajstić information content (AvgIpc) is 2.57. The number of carbonyl (C=O) groups excluding carboxylic acids is 1. The molecule has 1 saturated heterocycles. The van der Waals surface area contributed by atoms with Crippen LogP contribution >= 0.6 is 0 Å². The summed E-state index contributed by atoms with van der Waals surface area (Å²) in [4.78, 5) is 24.1. The molecule has 90 valence electrons. The summed E-state index contributed by atoms with van der Waals surface area (Å²) in [5.74, 6) is -1.32. The van der Waals surface area contributed by atoms with E-state index >= 15 is 0 Å². The fraction of sp³-hybridized carbons (Fsp3) is 0.333. The van der Waals surface area contributed by atoms with Gasteiger partial charge in [0.25, 0.3) is 0 Å². The second-order valence-corrected chi connectivity index (χ2v) is 4.19. The summed E-state index contributed by atoms with van der Waals surface area (Å²) >= 11 is 0. The second kappa shape index (κ2) is 4.18. The zero-order valence-electron chi connectivity index (χ0n) is 9.38. The van der Waals surface area contributed by atoms with Gasteiger partial charge in [-0.1, -0.05) is 11.6 Å². The standard InChI is InChI=1S/C12H13NO4/c1-7-2-3-10(9(4-7)12(16)17)13-6-8(14)5-11(13)15/h2-4,8,14H,5-6H2,1H3,(H,16,17). The van der Waals surface area contributed by atoms with Crippen LogP contribution in [0.3, 0.4) is 0 Å². The minimum atomic E-state index is -1.07. The van der Waals surface area contributed by atoms with E-state index in [0.717, 1.165) is 5.56 Å². The molecule has 1 aromatic rings. The number of benzene rings is 1. The number of anilines is 1. The van der Waals surface area contributed by atoms with Gasteiger partial charge in [0.1, 0.15) is 0 Å². The van der Waals surface area contributed by atoms with Gasteiger partial charge in [-0.2, -0.15) is 0 Å². The van der Waals surface area contributed by atoms with E-state index in [0.29, 0.717) is 5.69 Å². The van der Waals surface area contributed by atoms with Crippen molar-refractivity contribution >= 4 is 17.6 Å². The first-order valence-electron chi connectivity index (χ1n) is 5.31. The second-order valence-electron chi connectivity index (χ2n) is 4.19. The molecule has 1 aromatic carbocycles. The molecule has 2 rings (SSSR count). The normalized spacial score (nSPS) is 19.8. The Labute approximate surface area is 98.3 Å². The Kier molecular flexibility index (Phi) is 2.85. The zero-order chi connectivity index (χ0) is 12.6. The molecule has 1 aliphatic heterocycles. The summed E-state index contributed by atoms with van der Waals surface area (Å²) in [7, 11) is 0. The van der Waals surface area contributed by atoms with Crippen LogP contribution in [0, 0.1) is 6.92 Å². The number of β-amino-alcohol motifs (C(OH)–C–C–N with tert-alkyl or cyclic N) is 1. The van der Waals surface area contributed by atoms with Gasteiger partial charge < -0.3 is 15.1 Å². The van der Waals surface area contributed by atoms with Crippen molar-refractivity contribution in [1.29, 1.82) is 0 Å². The summed E-state index contributed by atoms with van der Waals surface area (Å²) in [5.41, 5.74) is 1.26. The SMILES string of the molecule is Cc1ccc(N2CC(O)CC2=O)c(C(=O)O)c1. The number of aryl methyl sites for hydroxylation is 1. The maximum atomic E-state index is 11.6. The molecule has 0 radical (unpaired) electrons. The highest BCUT2D eigenvalue weighted by atomic mass is 16.4. The van der Waals surface area contributed by atoms with Gasteiger partial charge in [-0.3, -0.25) is 4.79 Å². The number of aliphatic hydroxyl groups is 1. The summed E-state index contributed by atoms with van der Waals surface area (Å²) in [6.07, 6.45) is -0.669. The van der Waals surface area contributed by atoms with Crippen LogP contribution in [0.2, 0.25) is 0 Å². The Morgan fingerprint density at radius 2 is 2.18 bits per heavy atom. The minimum absolute atomic E-state index is 0.0485. The van der Waals surface area contributed by atoms with Crippen LogP contribution in [-0.2, 0) is 4.79 Å². The van der Waals surface area contributed by atoms with Gasteiger partial charge in [-0.15, -0.1) is 0 Å². The number of carboxylic acid groups (broad SMARTS) is 1. The van der Waals surface area contributed by atoms with E-state index in [4.69, 9.17) is 5.11 Å². The van der Waals surface area contributed by atoms with Gasteiger partial charge >= 0.3 is 5.97 Å². The molecule has 1 unspecified atom stereocenters. The highest BCUT2D eigenvalue weighted by molar-refractivity contribution is 6.03. The Morgan fingerprint density at radius 1 is 1.47 bits per heavy atom. The number of carbonyl (C=O) groups is 2. The van der Waals surface area contributed by atoms with Gasteiger partial charge in [0.2, 0.25) is 5.91 Å². The largest absolute Gasteiger partial charge is 0.478 e. The summed E-state index contributed by atoms with van der Waals surface area (Å²) in [6.45, 7) is 1.94. The van der Waals surface area contributed by atoms with Crippen molar-refractivity contribution in [2.75, 3.05) is 11.4 Å². The highest BCUT2D eigenvalue weighted by Crippen LogP contribution is 2.26. The molecule has 0 spiro atoms. The monoisotopic (exact) mass is 235 g/mol. The number of hydrogen-bond acceptors (Lipinski definition) is 3. The lowest BCUT2D eigenvalue weighted by Gasteiger charge is -2.18. The molecule has 0 aromatic heterocycles. The summed E-state index contributed by atoms with van der Waals surface area (Å²) in [5, 5.41) is 18.5. The highest BCUT2D eigenvalue weighted by Gasteiger charge is 2.31. The fourth-order valence-corrected chi connectivity index (χ4v) is 1.98. The van der Waals surface area contributed by atoms with Crippen molar-refractivity contribution in [2.45, 2.75) is 19.4 Å². The van der Waals surface area contributed by atoms with Crippen molar-refractivity contribution in [2.24, 2.45) is 0 Å². The van der Waals surface area contributed by atoms with Crippen LogP contribution in [0.25, 0.3) is 0 Å². The lowest BCUT2D eigenvalue weighted by molar-refractivity contribution is -0.117. The van der Waals surface area contributed by atoms with Gasteiger partial charge in [-0.25, -0.2) is 4.79 Å². The number of hydrogen-bond donors (Lipinski definition) is 2. The predicted octanol–water partition coefficient (Wildman–Crippen LogP) is 0.791. The van der Waals surface area contributed by atoms with E-state index in [1.54, 1.807) is 19.1 Å². The number of carboxylic acids is 1. The third-order valence-electron chi connectivity index (χ3n) is 2.78. The smallest absolute Gasteiger partial charge is 0.337 e. The van der Waals surface area contributed by atoms with Crippen LogP contribution in [0.5, 0.6) is 0 Å². The van der Waals surface area contributed by atoms with Crippen LogP contribution in [0.4, 0.5) is 5.69 Å². The average molecular weight is 235 g/mol. The molecule has 17 heavy (non-hydrogen) atoms. The molecule has 1 fully saturated rings. The summed E-state index contributed by atoms with van der Waals surface area (Å²) < 4.78 is 0. The number of nitrogens with zero attached hydrogens (tertiary/aromatic N) is 1. The topological polar surface area (TPSA) is 77.8 Å². The van der Waals surface area contributed by atoms with Crippen molar-refractivity contribution in [3.63, 3.8) is 0 Å². The van der Waals surface area contributed by atoms with E-state index in [-0.39, 0.29) is 24.4 Å². The van der Waals surface area contributed by atoms with E-state index in [2.05, 4.69) is 0 Å². The molecule has 1 heterocycles. The number of amides is 1. The van der Waals surface area contributed by atoms with Crippen LogP contribution in [0.15, 0.2) is 18.2 Å². The first kappa shape index (κ1) is 11.6. The molecule has 1 amide bonds. The quantitative estimate of drug-likeness (QED) is 0.794. The van der Waals surface area contributed by atoms with Crippen LogP contribution in [0.1, 0.15) is 22.3 Å². The molecule has 0 saturated carbocycles. The Morgan fingerprint density at radius 3 is 2.71 bits per heavy atom. The van der Waals surface area contributed by atoms with Gasteiger partial charge in [0.05, 0.1) is 30.3 Å². The van der Waals surface area contributed by atoms with Gasteiger partial charge in [0, 0.05) is 0 Å². The number of rotatable bonds is 2. The minimum Gasteiger partial charge on any atom is -0.478 e. The van der Waals surface area contributed by atoms with E-state index in [9.17, 15) is 14.7 Å². The van der Waals surface area contributed by atoms with Crippen molar-refractivity contribution in [3.8, 4) is 0 Å². The number of aromatic carboxylic acids is 1. The summed E-state index contributed by atoms with van der Waals surface area (Å²) in [6, 6.07) is 4.88. The van der Waals surface area contributed by atoms with Crippen molar-refractivity contribution in [3.05, 3.63) is 29.3 Å². The molecule has 5 heteroatoms. The first-order valence-corrected chi connectivity index (χ1v) is 5.31. The predicted molar refractivity (Wildman–Crippen MR) is 61.1 cm³/mol. The van der Waals surface area contributed by atoms with E-state index in [1.165, 1.54) is 11.0 Å². The van der Waals surface area contributed by atoms with Crippen LogP contribution in [-0.4, -0.2) is 34.7 Å². The molecule has 1 atom stereocenters. The maximum Gasteiger partial charge on any atom is 0.337 e. The first-order chi connectivity index (χ1) is 7.99. The maximum absolute atomic E-state index is 11.6. The third-order valence-corrected chi connectivity index (χ3v) is 2.78. The molecule has 5 nitrogen and oxygen atoms in total. The molecule has 2 N–H and O–H groups in total. The number of aliphatic hydroxyl groups excluding tert-OH is 1. The van der Waals surface area contributed by atoms with E-state index < -0.39 is 12.1 Å². The molecule has 1 aliphatic rings. The molecule has 0 aliphatic carbocycles. The zero-order valence-corrected chi connectivity index (χ0v) is 9.38. The molecular weight excluding hydrogens is 222 g/mol. The fourth-order valence-electron chi connectivity index (χ4n) is 1.98. The Bertz CT molecular complexity index is 483. The lowest BCUT2D eigenvalue weighted by Crippen LogP contribution is -2.27. The van der Waals surface area contributed by atoms with Gasteiger partial charge in [0.15, 0.2) is 0 Å². The van der Waals surface area contributed by atoms with Gasteiger partial charge in [-0.05, 0) is 19.1 Å².